The van der Waals surface area contributed by atoms with E-state index in [0.717, 1.165) is 44.0 Å². The number of hydrogen-bond donors (Lipinski definition) is 0. The van der Waals surface area contributed by atoms with E-state index in [1.165, 1.54) is 32.1 Å². The molecule has 0 saturated carbocycles. The van der Waals surface area contributed by atoms with Gasteiger partial charge in [-0.05, 0) is 83.3 Å². The Morgan fingerprint density at radius 2 is 1.69 bits per heavy atom. The number of carbonyl (C=O) groups is 1. The normalized spacial score (nSPS) is 24.7. The highest BCUT2D eigenvalue weighted by molar-refractivity contribution is 5.97. The van der Waals surface area contributed by atoms with Crippen LogP contribution in [0.1, 0.15) is 62.7 Å². The Labute approximate surface area is 158 Å². The van der Waals surface area contributed by atoms with Crippen molar-refractivity contribution in [3.63, 3.8) is 0 Å². The Morgan fingerprint density at radius 1 is 1.04 bits per heavy atom. The van der Waals surface area contributed by atoms with Gasteiger partial charge in [-0.1, -0.05) is 6.42 Å². The van der Waals surface area contributed by atoms with Gasteiger partial charge in [0.1, 0.15) is 5.75 Å². The molecule has 0 aromatic heterocycles. The van der Waals surface area contributed by atoms with Gasteiger partial charge in [0.2, 0.25) is 0 Å². The molecule has 0 radical (unpaired) electrons. The quantitative estimate of drug-likeness (QED) is 0.519. The molecule has 2 fully saturated rings. The number of nitrogens with zero attached hydrogens (tertiary/aromatic N) is 2. The number of benzene rings is 1. The SMILES string of the molecule is CC1CC[C@@H](C)N1CCCOc1ccc(C(=O)CN2CCCCC2)cc1. The van der Waals surface area contributed by atoms with Crippen molar-refractivity contribution in [3.05, 3.63) is 29.8 Å². The third-order valence-electron chi connectivity index (χ3n) is 5.96. The summed E-state index contributed by atoms with van der Waals surface area (Å²) in [6.45, 7) is 9.15. The van der Waals surface area contributed by atoms with Crippen LogP contribution < -0.4 is 4.74 Å². The molecule has 2 aliphatic heterocycles. The first-order chi connectivity index (χ1) is 12.6. The lowest BCUT2D eigenvalue weighted by Gasteiger charge is -2.25. The molecule has 0 N–H and O–H groups in total. The summed E-state index contributed by atoms with van der Waals surface area (Å²) in [6, 6.07) is 9.10. The minimum atomic E-state index is 0.218. The van der Waals surface area contributed by atoms with Crippen molar-refractivity contribution in [3.8, 4) is 5.75 Å². The minimum Gasteiger partial charge on any atom is -0.494 e. The van der Waals surface area contributed by atoms with Crippen LogP contribution in [-0.2, 0) is 0 Å². The lowest BCUT2D eigenvalue weighted by atomic mass is 10.1. The zero-order valence-corrected chi connectivity index (χ0v) is 16.5. The molecular formula is C22H34N2O2. The molecule has 0 bridgehead atoms. The highest BCUT2D eigenvalue weighted by Crippen LogP contribution is 2.23. The number of hydrogen-bond acceptors (Lipinski definition) is 4. The lowest BCUT2D eigenvalue weighted by molar-refractivity contribution is 0.0915. The molecule has 4 nitrogen and oxygen atoms in total. The maximum Gasteiger partial charge on any atom is 0.176 e. The predicted octanol–water partition coefficient (Wildman–Crippen LogP) is 4.00. The average molecular weight is 359 g/mol. The molecule has 2 aliphatic rings. The molecule has 2 saturated heterocycles. The number of ether oxygens (including phenoxy) is 1. The fourth-order valence-corrected chi connectivity index (χ4v) is 4.28. The fourth-order valence-electron chi connectivity index (χ4n) is 4.28. The van der Waals surface area contributed by atoms with E-state index in [4.69, 9.17) is 4.74 Å². The van der Waals surface area contributed by atoms with Crippen LogP contribution in [0.4, 0.5) is 0 Å². The van der Waals surface area contributed by atoms with Crippen LogP contribution in [-0.4, -0.2) is 60.5 Å². The Kier molecular flexibility index (Phi) is 7.09. The van der Waals surface area contributed by atoms with Gasteiger partial charge < -0.3 is 4.74 Å². The van der Waals surface area contributed by atoms with E-state index >= 15 is 0 Å². The lowest BCUT2D eigenvalue weighted by Crippen LogP contribution is -2.34. The topological polar surface area (TPSA) is 32.8 Å². The Hall–Kier alpha value is -1.39. The second-order valence-electron chi connectivity index (χ2n) is 8.00. The first kappa shape index (κ1) is 19.4. The van der Waals surface area contributed by atoms with Crippen LogP contribution in [0.25, 0.3) is 0 Å². The van der Waals surface area contributed by atoms with Crippen molar-refractivity contribution >= 4 is 5.78 Å². The van der Waals surface area contributed by atoms with Crippen molar-refractivity contribution < 1.29 is 9.53 Å². The highest BCUT2D eigenvalue weighted by Gasteiger charge is 2.26. The second kappa shape index (κ2) is 9.52. The summed E-state index contributed by atoms with van der Waals surface area (Å²) < 4.78 is 5.87. The van der Waals surface area contributed by atoms with Gasteiger partial charge in [-0.15, -0.1) is 0 Å². The van der Waals surface area contributed by atoms with Crippen molar-refractivity contribution in [1.29, 1.82) is 0 Å². The van der Waals surface area contributed by atoms with E-state index in [1.54, 1.807) is 0 Å². The number of rotatable bonds is 8. The van der Waals surface area contributed by atoms with Gasteiger partial charge in [-0.2, -0.15) is 0 Å². The fraction of sp³-hybridized carbons (Fsp3) is 0.682. The molecule has 4 heteroatoms. The smallest absolute Gasteiger partial charge is 0.176 e. The van der Waals surface area contributed by atoms with Crippen molar-refractivity contribution in [2.45, 2.75) is 64.5 Å². The van der Waals surface area contributed by atoms with Gasteiger partial charge in [-0.3, -0.25) is 14.6 Å². The van der Waals surface area contributed by atoms with Crippen molar-refractivity contribution in [2.24, 2.45) is 0 Å². The largest absolute Gasteiger partial charge is 0.494 e. The van der Waals surface area contributed by atoms with Gasteiger partial charge in [0.05, 0.1) is 13.2 Å². The van der Waals surface area contributed by atoms with E-state index in [1.807, 2.05) is 24.3 Å². The summed E-state index contributed by atoms with van der Waals surface area (Å²) in [5, 5.41) is 0. The molecule has 1 unspecified atom stereocenters. The van der Waals surface area contributed by atoms with E-state index in [-0.39, 0.29) is 5.78 Å². The molecule has 144 valence electrons. The minimum absolute atomic E-state index is 0.218. The Balaban J connectivity index is 1.39. The molecule has 1 aromatic carbocycles. The van der Waals surface area contributed by atoms with Gasteiger partial charge in [0.25, 0.3) is 0 Å². The van der Waals surface area contributed by atoms with E-state index < -0.39 is 0 Å². The Bertz CT molecular complexity index is 556. The molecular weight excluding hydrogens is 324 g/mol. The third-order valence-corrected chi connectivity index (χ3v) is 5.96. The molecule has 26 heavy (non-hydrogen) atoms. The van der Waals surface area contributed by atoms with Crippen molar-refractivity contribution in [1.82, 2.24) is 9.80 Å². The monoisotopic (exact) mass is 358 g/mol. The van der Waals surface area contributed by atoms with Crippen LogP contribution >= 0.6 is 0 Å². The predicted molar refractivity (Wildman–Crippen MR) is 106 cm³/mol. The standard InChI is InChI=1S/C22H34N2O2/c1-18-7-8-19(2)24(18)15-6-16-26-21-11-9-20(10-12-21)22(25)17-23-13-4-3-5-14-23/h9-12,18-19H,3-8,13-17H2,1-2H3/t18-,19?/m1/s1. The average Bonchev–Trinajstić information content (AvgIpc) is 2.98. The first-order valence-corrected chi connectivity index (χ1v) is 10.4. The summed E-state index contributed by atoms with van der Waals surface area (Å²) in [5.74, 6) is 1.08. The number of Topliss-reactive ketones (excluding diaryl/α,β-unsaturated/α-hetero) is 1. The molecule has 0 spiro atoms. The van der Waals surface area contributed by atoms with E-state index in [0.29, 0.717) is 18.6 Å². The molecule has 1 aromatic rings. The van der Waals surface area contributed by atoms with E-state index in [9.17, 15) is 4.79 Å². The van der Waals surface area contributed by atoms with Gasteiger partial charge >= 0.3 is 0 Å². The maximum absolute atomic E-state index is 12.4. The zero-order chi connectivity index (χ0) is 18.4. The van der Waals surface area contributed by atoms with Crippen LogP contribution in [0.15, 0.2) is 24.3 Å². The van der Waals surface area contributed by atoms with Crippen LogP contribution in [0.2, 0.25) is 0 Å². The molecule has 0 aliphatic carbocycles. The molecule has 3 rings (SSSR count). The summed E-state index contributed by atoms with van der Waals surface area (Å²) in [5.41, 5.74) is 0.794. The summed E-state index contributed by atoms with van der Waals surface area (Å²) in [4.78, 5) is 17.3. The maximum atomic E-state index is 12.4. The molecule has 2 atom stereocenters. The van der Waals surface area contributed by atoms with Crippen LogP contribution in [0.5, 0.6) is 5.75 Å². The first-order valence-electron chi connectivity index (χ1n) is 10.4. The molecule has 0 amide bonds. The number of ketones is 1. The summed E-state index contributed by atoms with van der Waals surface area (Å²) in [7, 11) is 0. The number of piperidine rings is 1. The van der Waals surface area contributed by atoms with Gasteiger partial charge in [-0.25, -0.2) is 0 Å². The zero-order valence-electron chi connectivity index (χ0n) is 16.5. The van der Waals surface area contributed by atoms with Crippen LogP contribution in [0.3, 0.4) is 0 Å². The van der Waals surface area contributed by atoms with E-state index in [2.05, 4.69) is 23.6 Å². The van der Waals surface area contributed by atoms with Crippen molar-refractivity contribution in [2.75, 3.05) is 32.8 Å². The Morgan fingerprint density at radius 3 is 2.35 bits per heavy atom. The summed E-state index contributed by atoms with van der Waals surface area (Å²) in [6.07, 6.45) is 7.41. The molecule has 2 heterocycles. The number of likely N-dealkylation sites (tertiary alicyclic amines) is 2. The number of carbonyl (C=O) groups excluding carboxylic acids is 1. The summed E-state index contributed by atoms with van der Waals surface area (Å²) >= 11 is 0. The second-order valence-corrected chi connectivity index (χ2v) is 8.00. The third kappa shape index (κ3) is 5.31. The highest BCUT2D eigenvalue weighted by atomic mass is 16.5. The van der Waals surface area contributed by atoms with Crippen LogP contribution in [0, 0.1) is 0 Å². The van der Waals surface area contributed by atoms with Gasteiger partial charge in [0.15, 0.2) is 5.78 Å². The van der Waals surface area contributed by atoms with Gasteiger partial charge in [0, 0.05) is 24.2 Å².